The maximum atomic E-state index is 13.1. The van der Waals surface area contributed by atoms with Gasteiger partial charge in [-0.15, -0.1) is 11.8 Å². The number of halogens is 1. The third-order valence-electron chi connectivity index (χ3n) is 3.28. The van der Waals surface area contributed by atoms with Crippen molar-refractivity contribution in [2.75, 3.05) is 5.75 Å². The number of hydrogen-bond acceptors (Lipinski definition) is 2. The van der Waals surface area contributed by atoms with Gasteiger partial charge in [-0.05, 0) is 41.7 Å². The monoisotopic (exact) mass is 303 g/mol. The van der Waals surface area contributed by atoms with Crippen LogP contribution in [-0.4, -0.2) is 5.75 Å². The lowest BCUT2D eigenvalue weighted by Crippen LogP contribution is -2.13. The van der Waals surface area contributed by atoms with Crippen molar-refractivity contribution in [1.82, 2.24) is 0 Å². The molecule has 2 aromatic carbocycles. The second kappa shape index (κ2) is 7.62. The summed E-state index contributed by atoms with van der Waals surface area (Å²) in [7, 11) is 0. The molecule has 0 aliphatic rings. The van der Waals surface area contributed by atoms with Crippen LogP contribution < -0.4 is 5.73 Å². The molecule has 0 saturated heterocycles. The third kappa shape index (κ3) is 5.18. The molecule has 2 rings (SSSR count). The summed E-state index contributed by atoms with van der Waals surface area (Å²) in [4.78, 5) is 0.918. The van der Waals surface area contributed by atoms with Gasteiger partial charge in [-0.25, -0.2) is 4.39 Å². The molecule has 0 radical (unpaired) electrons. The fourth-order valence-electron chi connectivity index (χ4n) is 2.21. The first-order valence-electron chi connectivity index (χ1n) is 7.27. The van der Waals surface area contributed by atoms with Crippen LogP contribution in [0, 0.1) is 11.7 Å². The molecule has 0 saturated carbocycles. The molecular formula is C18H22FNS. The predicted octanol–water partition coefficient (Wildman–Crippen LogP) is 4.82. The van der Waals surface area contributed by atoms with Crippen LogP contribution in [0.2, 0.25) is 0 Å². The van der Waals surface area contributed by atoms with Gasteiger partial charge in [-0.1, -0.05) is 44.2 Å². The van der Waals surface area contributed by atoms with Crippen LogP contribution in [0.3, 0.4) is 0 Å². The van der Waals surface area contributed by atoms with Gasteiger partial charge in [0, 0.05) is 16.7 Å². The van der Waals surface area contributed by atoms with Crippen LogP contribution in [0.5, 0.6) is 0 Å². The van der Waals surface area contributed by atoms with E-state index in [2.05, 4.69) is 38.1 Å². The fourth-order valence-corrected chi connectivity index (χ4v) is 3.15. The van der Waals surface area contributed by atoms with Gasteiger partial charge in [0.15, 0.2) is 0 Å². The van der Waals surface area contributed by atoms with E-state index in [9.17, 15) is 4.39 Å². The van der Waals surface area contributed by atoms with Crippen molar-refractivity contribution in [2.24, 2.45) is 11.7 Å². The molecule has 0 aromatic heterocycles. The number of rotatable bonds is 6. The summed E-state index contributed by atoms with van der Waals surface area (Å²) in [5.74, 6) is 1.20. The summed E-state index contributed by atoms with van der Waals surface area (Å²) in [6.45, 7) is 4.44. The molecule has 0 aliphatic carbocycles. The van der Waals surface area contributed by atoms with E-state index in [0.29, 0.717) is 5.92 Å². The van der Waals surface area contributed by atoms with Crippen molar-refractivity contribution >= 4 is 11.8 Å². The van der Waals surface area contributed by atoms with E-state index in [0.717, 1.165) is 22.6 Å². The lowest BCUT2D eigenvalue weighted by molar-refractivity contribution is 0.624. The molecule has 2 N–H and O–H groups in total. The Bertz CT molecular complexity index is 566. The molecule has 3 heteroatoms. The van der Waals surface area contributed by atoms with E-state index in [1.54, 1.807) is 23.9 Å². The largest absolute Gasteiger partial charge is 0.323 e. The van der Waals surface area contributed by atoms with E-state index in [1.165, 1.54) is 11.6 Å². The molecule has 21 heavy (non-hydrogen) atoms. The number of nitrogens with two attached hydrogens (primary N) is 1. The van der Waals surface area contributed by atoms with Gasteiger partial charge >= 0.3 is 0 Å². The third-order valence-corrected chi connectivity index (χ3v) is 4.39. The first-order valence-corrected chi connectivity index (χ1v) is 8.26. The zero-order chi connectivity index (χ0) is 15.2. The van der Waals surface area contributed by atoms with Gasteiger partial charge in [0.25, 0.3) is 0 Å². The Kier molecular flexibility index (Phi) is 5.83. The van der Waals surface area contributed by atoms with E-state index < -0.39 is 0 Å². The van der Waals surface area contributed by atoms with E-state index >= 15 is 0 Å². The van der Waals surface area contributed by atoms with Crippen molar-refractivity contribution in [3.05, 3.63) is 65.5 Å². The van der Waals surface area contributed by atoms with Crippen molar-refractivity contribution < 1.29 is 4.39 Å². The Hall–Kier alpha value is -1.32. The molecular weight excluding hydrogens is 281 g/mol. The van der Waals surface area contributed by atoms with Crippen molar-refractivity contribution in [3.8, 4) is 0 Å². The van der Waals surface area contributed by atoms with E-state index in [1.807, 2.05) is 6.07 Å². The minimum absolute atomic E-state index is 0.0358. The molecule has 0 fully saturated rings. The molecule has 112 valence electrons. The first-order chi connectivity index (χ1) is 10.0. The Morgan fingerprint density at radius 3 is 2.43 bits per heavy atom. The zero-order valence-corrected chi connectivity index (χ0v) is 13.4. The van der Waals surface area contributed by atoms with Crippen molar-refractivity contribution in [2.45, 2.75) is 31.2 Å². The minimum Gasteiger partial charge on any atom is -0.323 e. The summed E-state index contributed by atoms with van der Waals surface area (Å²) >= 11 is 1.59. The number of thioether (sulfide) groups is 1. The summed E-state index contributed by atoms with van der Waals surface area (Å²) in [5.41, 5.74) is 8.69. The van der Waals surface area contributed by atoms with Gasteiger partial charge in [-0.3, -0.25) is 0 Å². The van der Waals surface area contributed by atoms with Crippen LogP contribution in [0.25, 0.3) is 0 Å². The van der Waals surface area contributed by atoms with Gasteiger partial charge < -0.3 is 5.73 Å². The fraction of sp³-hybridized carbons (Fsp3) is 0.333. The van der Waals surface area contributed by atoms with Crippen molar-refractivity contribution in [1.29, 1.82) is 0 Å². The van der Waals surface area contributed by atoms with Gasteiger partial charge in [0.05, 0.1) is 0 Å². The molecule has 1 nitrogen and oxygen atoms in total. The lowest BCUT2D eigenvalue weighted by atomic mass is 10.0. The van der Waals surface area contributed by atoms with Gasteiger partial charge in [-0.2, -0.15) is 0 Å². The Balaban J connectivity index is 1.92. The van der Waals surface area contributed by atoms with Crippen LogP contribution in [0.4, 0.5) is 4.39 Å². The van der Waals surface area contributed by atoms with Gasteiger partial charge in [0.2, 0.25) is 0 Å². The molecule has 2 aromatic rings. The Morgan fingerprint density at radius 2 is 1.81 bits per heavy atom. The second-order valence-electron chi connectivity index (χ2n) is 5.71. The van der Waals surface area contributed by atoms with E-state index in [-0.39, 0.29) is 11.9 Å². The highest BCUT2D eigenvalue weighted by atomic mass is 32.2. The molecule has 0 bridgehead atoms. The number of benzene rings is 2. The molecule has 0 heterocycles. The highest BCUT2D eigenvalue weighted by Crippen LogP contribution is 2.24. The average Bonchev–Trinajstić information content (AvgIpc) is 2.45. The standard InChI is InChI=1S/C18H22FNS/c1-13(2)10-14-6-8-15(9-7-14)18(20)12-21-17-5-3-4-16(19)11-17/h3-9,11,13,18H,10,12,20H2,1-2H3. The highest BCUT2D eigenvalue weighted by Gasteiger charge is 2.07. The summed E-state index contributed by atoms with van der Waals surface area (Å²) in [6, 6.07) is 15.1. The van der Waals surface area contributed by atoms with Crippen molar-refractivity contribution in [3.63, 3.8) is 0 Å². The van der Waals surface area contributed by atoms with Gasteiger partial charge in [0.1, 0.15) is 5.82 Å². The van der Waals surface area contributed by atoms with Crippen LogP contribution >= 0.6 is 11.8 Å². The number of hydrogen-bond donors (Lipinski definition) is 1. The minimum atomic E-state index is -0.202. The zero-order valence-electron chi connectivity index (χ0n) is 12.6. The van der Waals surface area contributed by atoms with E-state index in [4.69, 9.17) is 5.73 Å². The molecule has 0 aliphatic heterocycles. The Labute approximate surface area is 130 Å². The highest BCUT2D eigenvalue weighted by molar-refractivity contribution is 7.99. The quantitative estimate of drug-likeness (QED) is 0.775. The predicted molar refractivity (Wildman–Crippen MR) is 89.0 cm³/mol. The average molecular weight is 303 g/mol. The summed E-state index contributed by atoms with van der Waals surface area (Å²) < 4.78 is 13.1. The Morgan fingerprint density at radius 1 is 1.10 bits per heavy atom. The molecule has 1 unspecified atom stereocenters. The normalized spacial score (nSPS) is 12.6. The topological polar surface area (TPSA) is 26.0 Å². The molecule has 0 spiro atoms. The smallest absolute Gasteiger partial charge is 0.124 e. The maximum absolute atomic E-state index is 13.1. The van der Waals surface area contributed by atoms with Crippen LogP contribution in [-0.2, 0) is 6.42 Å². The first kappa shape index (κ1) is 16.1. The SMILES string of the molecule is CC(C)Cc1ccc(C(N)CSc2cccc(F)c2)cc1. The second-order valence-corrected chi connectivity index (χ2v) is 6.81. The molecule has 1 atom stereocenters. The summed E-state index contributed by atoms with van der Waals surface area (Å²) in [5, 5.41) is 0. The van der Waals surface area contributed by atoms with Crippen LogP contribution in [0.1, 0.15) is 31.0 Å². The summed E-state index contributed by atoms with van der Waals surface area (Å²) in [6.07, 6.45) is 1.09. The molecule has 0 amide bonds. The maximum Gasteiger partial charge on any atom is 0.124 e. The van der Waals surface area contributed by atoms with Crippen LogP contribution in [0.15, 0.2) is 53.4 Å². The lowest BCUT2D eigenvalue weighted by Gasteiger charge is -2.13.